The summed E-state index contributed by atoms with van der Waals surface area (Å²) in [4.78, 5) is 3.88. The molecule has 0 spiro atoms. The number of hydrogen-bond donors (Lipinski definition) is 1. The van der Waals surface area contributed by atoms with E-state index in [1.165, 1.54) is 0 Å². The van der Waals surface area contributed by atoms with Crippen molar-refractivity contribution in [2.75, 3.05) is 12.3 Å². The number of nitrogen functional groups attached to an aromatic ring is 1. The monoisotopic (exact) mass is 246 g/mol. The minimum atomic E-state index is -0.438. The molecule has 1 aromatic carbocycles. The maximum absolute atomic E-state index is 14.2. The number of rotatable bonds is 3. The van der Waals surface area contributed by atoms with Crippen LogP contribution in [0.15, 0.2) is 30.5 Å². The van der Waals surface area contributed by atoms with E-state index < -0.39 is 5.82 Å². The molecule has 3 nitrogen and oxygen atoms in total. The van der Waals surface area contributed by atoms with Crippen molar-refractivity contribution in [3.8, 4) is 17.0 Å². The van der Waals surface area contributed by atoms with Crippen molar-refractivity contribution in [1.29, 1.82) is 0 Å². The molecule has 0 unspecified atom stereocenters. The van der Waals surface area contributed by atoms with Crippen LogP contribution in [0.3, 0.4) is 0 Å². The highest BCUT2D eigenvalue weighted by atomic mass is 19.1. The molecule has 1 aromatic heterocycles. The first-order chi connectivity index (χ1) is 8.63. The molecular formula is C14H15FN2O. The highest BCUT2D eigenvalue weighted by Crippen LogP contribution is 2.30. The standard InChI is InChI=1S/C14H15FN2O/c1-3-18-14-13(15)12(6-7-17-14)11-5-4-10(16)8-9(11)2/h4-8H,3,16H2,1-2H3. The minimum Gasteiger partial charge on any atom is -0.476 e. The Bertz CT molecular complexity index is 570. The smallest absolute Gasteiger partial charge is 0.251 e. The summed E-state index contributed by atoms with van der Waals surface area (Å²) in [5.74, 6) is -0.404. The number of benzene rings is 1. The molecule has 0 bridgehead atoms. The van der Waals surface area contributed by atoms with Crippen LogP contribution >= 0.6 is 0 Å². The Morgan fingerprint density at radius 1 is 1.28 bits per heavy atom. The van der Waals surface area contributed by atoms with Gasteiger partial charge in [0.25, 0.3) is 5.88 Å². The van der Waals surface area contributed by atoms with Gasteiger partial charge in [0.15, 0.2) is 5.82 Å². The Morgan fingerprint density at radius 3 is 2.72 bits per heavy atom. The second kappa shape index (κ2) is 5.04. The normalized spacial score (nSPS) is 10.4. The Labute approximate surface area is 105 Å². The average molecular weight is 246 g/mol. The third-order valence-corrected chi connectivity index (χ3v) is 2.68. The Balaban J connectivity index is 2.53. The van der Waals surface area contributed by atoms with E-state index in [9.17, 15) is 4.39 Å². The number of nitrogens with two attached hydrogens (primary N) is 1. The first kappa shape index (κ1) is 12.4. The first-order valence-corrected chi connectivity index (χ1v) is 5.77. The topological polar surface area (TPSA) is 48.1 Å². The van der Waals surface area contributed by atoms with Crippen LogP contribution in [0.4, 0.5) is 10.1 Å². The molecule has 0 aliphatic rings. The molecule has 2 aromatic rings. The van der Waals surface area contributed by atoms with Crippen LogP contribution in [-0.2, 0) is 0 Å². The van der Waals surface area contributed by atoms with Crippen molar-refractivity contribution in [1.82, 2.24) is 4.98 Å². The van der Waals surface area contributed by atoms with E-state index >= 15 is 0 Å². The SMILES string of the molecule is CCOc1nccc(-c2ccc(N)cc2C)c1F. The highest BCUT2D eigenvalue weighted by Gasteiger charge is 2.13. The predicted octanol–water partition coefficient (Wildman–Crippen LogP) is 3.18. The molecule has 2 rings (SSSR count). The van der Waals surface area contributed by atoms with Crippen molar-refractivity contribution in [3.05, 3.63) is 41.8 Å². The van der Waals surface area contributed by atoms with Crippen molar-refractivity contribution >= 4 is 5.69 Å². The lowest BCUT2D eigenvalue weighted by Gasteiger charge is -2.10. The zero-order chi connectivity index (χ0) is 13.1. The zero-order valence-electron chi connectivity index (χ0n) is 10.4. The zero-order valence-corrected chi connectivity index (χ0v) is 10.4. The maximum Gasteiger partial charge on any atom is 0.251 e. The van der Waals surface area contributed by atoms with Crippen LogP contribution < -0.4 is 10.5 Å². The van der Waals surface area contributed by atoms with E-state index in [0.29, 0.717) is 17.9 Å². The van der Waals surface area contributed by atoms with Crippen molar-refractivity contribution < 1.29 is 9.13 Å². The fraction of sp³-hybridized carbons (Fsp3) is 0.214. The van der Waals surface area contributed by atoms with Gasteiger partial charge in [0.1, 0.15) is 0 Å². The van der Waals surface area contributed by atoms with Gasteiger partial charge in [0.2, 0.25) is 0 Å². The van der Waals surface area contributed by atoms with E-state index in [4.69, 9.17) is 10.5 Å². The lowest BCUT2D eigenvalue weighted by molar-refractivity contribution is 0.308. The summed E-state index contributed by atoms with van der Waals surface area (Å²) in [6, 6.07) is 7.01. The number of pyridine rings is 1. The molecule has 2 N–H and O–H groups in total. The summed E-state index contributed by atoms with van der Waals surface area (Å²) in [6.07, 6.45) is 1.54. The molecule has 0 amide bonds. The molecule has 0 fully saturated rings. The molecule has 0 aliphatic carbocycles. The minimum absolute atomic E-state index is 0.0335. The fourth-order valence-corrected chi connectivity index (χ4v) is 1.86. The lowest BCUT2D eigenvalue weighted by Crippen LogP contribution is -1.99. The number of nitrogens with zero attached hydrogens (tertiary/aromatic N) is 1. The third-order valence-electron chi connectivity index (χ3n) is 2.68. The molecule has 0 saturated heterocycles. The van der Waals surface area contributed by atoms with Crippen LogP contribution in [-0.4, -0.2) is 11.6 Å². The van der Waals surface area contributed by atoms with Gasteiger partial charge < -0.3 is 10.5 Å². The summed E-state index contributed by atoms with van der Waals surface area (Å²) in [6.45, 7) is 4.07. The Morgan fingerprint density at radius 2 is 2.06 bits per heavy atom. The van der Waals surface area contributed by atoms with Gasteiger partial charge in [-0.15, -0.1) is 0 Å². The molecule has 18 heavy (non-hydrogen) atoms. The molecule has 0 radical (unpaired) electrons. The van der Waals surface area contributed by atoms with E-state index in [1.54, 1.807) is 31.3 Å². The largest absolute Gasteiger partial charge is 0.476 e. The van der Waals surface area contributed by atoms with Crippen LogP contribution in [0.2, 0.25) is 0 Å². The van der Waals surface area contributed by atoms with Gasteiger partial charge >= 0.3 is 0 Å². The van der Waals surface area contributed by atoms with Gasteiger partial charge in [-0.1, -0.05) is 6.07 Å². The molecule has 94 valence electrons. The lowest BCUT2D eigenvalue weighted by atomic mass is 10.0. The number of anilines is 1. The molecule has 0 atom stereocenters. The van der Waals surface area contributed by atoms with Gasteiger partial charge in [-0.25, -0.2) is 9.37 Å². The average Bonchev–Trinajstić information content (AvgIpc) is 2.33. The third kappa shape index (κ3) is 2.27. The summed E-state index contributed by atoms with van der Waals surface area (Å²) >= 11 is 0. The summed E-state index contributed by atoms with van der Waals surface area (Å²) < 4.78 is 19.4. The fourth-order valence-electron chi connectivity index (χ4n) is 1.86. The second-order valence-electron chi connectivity index (χ2n) is 3.99. The molecule has 4 heteroatoms. The van der Waals surface area contributed by atoms with Gasteiger partial charge in [-0.2, -0.15) is 0 Å². The van der Waals surface area contributed by atoms with Crippen molar-refractivity contribution in [3.63, 3.8) is 0 Å². The molecule has 0 aliphatic heterocycles. The first-order valence-electron chi connectivity index (χ1n) is 5.77. The summed E-state index contributed by atoms with van der Waals surface area (Å²) in [5.41, 5.74) is 8.55. The molecule has 1 heterocycles. The van der Waals surface area contributed by atoms with E-state index in [2.05, 4.69) is 4.98 Å². The van der Waals surface area contributed by atoms with Gasteiger partial charge in [0, 0.05) is 17.4 Å². The second-order valence-corrected chi connectivity index (χ2v) is 3.99. The maximum atomic E-state index is 14.2. The van der Waals surface area contributed by atoms with Crippen LogP contribution in [0, 0.1) is 12.7 Å². The van der Waals surface area contributed by atoms with Crippen LogP contribution in [0.5, 0.6) is 5.88 Å². The Hall–Kier alpha value is -2.10. The summed E-state index contributed by atoms with van der Waals surface area (Å²) in [7, 11) is 0. The molecular weight excluding hydrogens is 231 g/mol. The van der Waals surface area contributed by atoms with Crippen LogP contribution in [0.1, 0.15) is 12.5 Å². The number of aryl methyl sites for hydroxylation is 1. The van der Waals surface area contributed by atoms with E-state index in [1.807, 2.05) is 13.0 Å². The summed E-state index contributed by atoms with van der Waals surface area (Å²) in [5, 5.41) is 0. The van der Waals surface area contributed by atoms with E-state index in [0.717, 1.165) is 11.1 Å². The van der Waals surface area contributed by atoms with Crippen molar-refractivity contribution in [2.45, 2.75) is 13.8 Å². The van der Waals surface area contributed by atoms with Crippen molar-refractivity contribution in [2.24, 2.45) is 0 Å². The quantitative estimate of drug-likeness (QED) is 0.846. The highest BCUT2D eigenvalue weighted by molar-refractivity contribution is 5.70. The Kier molecular flexibility index (Phi) is 3.46. The van der Waals surface area contributed by atoms with Crippen LogP contribution in [0.25, 0.3) is 11.1 Å². The number of halogens is 1. The number of ether oxygens (including phenoxy) is 1. The number of hydrogen-bond acceptors (Lipinski definition) is 3. The molecule has 0 saturated carbocycles. The van der Waals surface area contributed by atoms with Gasteiger partial charge in [-0.3, -0.25) is 0 Å². The predicted molar refractivity (Wildman–Crippen MR) is 69.9 cm³/mol. The number of aromatic nitrogens is 1. The van der Waals surface area contributed by atoms with Gasteiger partial charge in [-0.05, 0) is 43.2 Å². The van der Waals surface area contributed by atoms with Gasteiger partial charge in [0.05, 0.1) is 6.61 Å². The van der Waals surface area contributed by atoms with E-state index in [-0.39, 0.29) is 5.88 Å².